The summed E-state index contributed by atoms with van der Waals surface area (Å²) < 4.78 is 17.5. The number of aliphatic hydroxyl groups is 2. The molecule has 0 heterocycles. The molecular formula is C59H78O7. The van der Waals surface area contributed by atoms with Gasteiger partial charge in [-0.05, 0) is 170 Å². The van der Waals surface area contributed by atoms with Crippen molar-refractivity contribution < 1.29 is 34.0 Å². The van der Waals surface area contributed by atoms with Gasteiger partial charge < -0.3 is 24.4 Å². The standard InChI is InChI=1S/C59H78O7/c1-9-12-13-16-43-19-21-46(22-20-43)47-23-25-48(26-24-47)54-29-27-49(35-44(54)10-2)50-28-30-55(45(11-3)36-50)53-37-51(17-14-32-65-57(62)41(4)5)56(64-34-31-59(8,39-60)40-61)52(38-53)18-15-33-66-58(63)42(6)7/h23-30,35-38,43,46,60-61H,4,6,9-22,31-34,39-40H2,1-3,5,7-8H3. The number of carbonyl (C=O) groups excluding carboxylic acids is 2. The van der Waals surface area contributed by atoms with Crippen LogP contribution < -0.4 is 4.74 Å². The first kappa shape index (κ1) is 52.0. The van der Waals surface area contributed by atoms with E-state index in [-0.39, 0.29) is 33.0 Å². The van der Waals surface area contributed by atoms with Crippen molar-refractivity contribution in [2.24, 2.45) is 11.3 Å². The minimum absolute atomic E-state index is 0.165. The van der Waals surface area contributed by atoms with E-state index in [0.29, 0.717) is 49.2 Å². The smallest absolute Gasteiger partial charge is 0.333 e. The fourth-order valence-electron chi connectivity index (χ4n) is 9.27. The summed E-state index contributed by atoms with van der Waals surface area (Å²) >= 11 is 0. The van der Waals surface area contributed by atoms with Crippen LogP contribution >= 0.6 is 0 Å². The summed E-state index contributed by atoms with van der Waals surface area (Å²) in [6.07, 6.45) is 15.3. The third-order valence-electron chi connectivity index (χ3n) is 13.7. The van der Waals surface area contributed by atoms with Gasteiger partial charge >= 0.3 is 11.9 Å². The molecule has 1 aliphatic carbocycles. The van der Waals surface area contributed by atoms with Crippen LogP contribution in [0.15, 0.2) is 97.1 Å². The number of hydrogen-bond donors (Lipinski definition) is 2. The van der Waals surface area contributed by atoms with E-state index >= 15 is 0 Å². The number of carbonyl (C=O) groups is 2. The van der Waals surface area contributed by atoms with Gasteiger partial charge in [-0.15, -0.1) is 0 Å². The van der Waals surface area contributed by atoms with Gasteiger partial charge in [0.15, 0.2) is 0 Å². The molecule has 0 amide bonds. The average molecular weight is 899 g/mol. The molecule has 0 unspecified atom stereocenters. The molecule has 356 valence electrons. The highest BCUT2D eigenvalue weighted by molar-refractivity contribution is 5.87. The second kappa shape index (κ2) is 25.8. The number of benzene rings is 4. The van der Waals surface area contributed by atoms with Crippen LogP contribution in [-0.4, -0.2) is 55.2 Å². The van der Waals surface area contributed by atoms with Crippen molar-refractivity contribution in [2.45, 2.75) is 144 Å². The summed E-state index contributed by atoms with van der Waals surface area (Å²) in [5, 5.41) is 20.0. The normalized spacial score (nSPS) is 15.0. The monoisotopic (exact) mass is 899 g/mol. The Hall–Kier alpha value is -4.98. The molecular weight excluding hydrogens is 821 g/mol. The van der Waals surface area contributed by atoms with Crippen molar-refractivity contribution in [3.8, 4) is 39.1 Å². The van der Waals surface area contributed by atoms with Crippen molar-refractivity contribution in [1.29, 1.82) is 0 Å². The van der Waals surface area contributed by atoms with Crippen LogP contribution in [0.3, 0.4) is 0 Å². The fourth-order valence-corrected chi connectivity index (χ4v) is 9.27. The second-order valence-electron chi connectivity index (χ2n) is 19.2. The van der Waals surface area contributed by atoms with Gasteiger partial charge in [-0.2, -0.15) is 0 Å². The van der Waals surface area contributed by atoms with Gasteiger partial charge in [0, 0.05) is 16.6 Å². The maximum Gasteiger partial charge on any atom is 0.333 e. The van der Waals surface area contributed by atoms with Crippen LogP contribution in [0.4, 0.5) is 0 Å². The maximum absolute atomic E-state index is 12.2. The van der Waals surface area contributed by atoms with Gasteiger partial charge in [0.2, 0.25) is 0 Å². The predicted octanol–water partition coefficient (Wildman–Crippen LogP) is 13.5. The molecule has 66 heavy (non-hydrogen) atoms. The second-order valence-corrected chi connectivity index (χ2v) is 19.2. The summed E-state index contributed by atoms with van der Waals surface area (Å²) in [6, 6.07) is 27.5. The Morgan fingerprint density at radius 1 is 0.621 bits per heavy atom. The summed E-state index contributed by atoms with van der Waals surface area (Å²) in [4.78, 5) is 24.5. The van der Waals surface area contributed by atoms with E-state index in [1.165, 1.54) is 90.3 Å². The number of aliphatic hydroxyl groups excluding tert-OH is 2. The predicted molar refractivity (Wildman–Crippen MR) is 271 cm³/mol. The van der Waals surface area contributed by atoms with Crippen LogP contribution in [0.1, 0.15) is 146 Å². The van der Waals surface area contributed by atoms with Gasteiger partial charge in [0.05, 0.1) is 33.0 Å². The van der Waals surface area contributed by atoms with Crippen molar-refractivity contribution in [3.05, 3.63) is 125 Å². The Morgan fingerprint density at radius 2 is 1.11 bits per heavy atom. The van der Waals surface area contributed by atoms with Gasteiger partial charge in [0.1, 0.15) is 5.75 Å². The number of esters is 2. The first-order chi connectivity index (χ1) is 31.8. The first-order valence-corrected chi connectivity index (χ1v) is 24.9. The SMILES string of the molecule is C=C(C)C(=O)OCCCc1cc(-c2ccc(-c3ccc(-c4ccc(C5CCC(CCCCC)CC5)cc4)c(CC)c3)cc2CC)cc(CCCOC(=O)C(=C)C)c1OCCC(C)(CO)CO. The number of ether oxygens (including phenoxy) is 3. The topological polar surface area (TPSA) is 102 Å². The lowest BCUT2D eigenvalue weighted by atomic mass is 9.77. The molecule has 0 aromatic heterocycles. The summed E-state index contributed by atoms with van der Waals surface area (Å²) in [5.41, 5.74) is 13.1. The molecule has 1 saturated carbocycles. The zero-order chi connectivity index (χ0) is 47.6. The minimum Gasteiger partial charge on any atom is -0.493 e. The first-order valence-electron chi connectivity index (χ1n) is 24.9. The highest BCUT2D eigenvalue weighted by Crippen LogP contribution is 2.40. The van der Waals surface area contributed by atoms with Crippen molar-refractivity contribution >= 4 is 11.9 Å². The van der Waals surface area contributed by atoms with Gasteiger partial charge in [-0.3, -0.25) is 0 Å². The quantitative estimate of drug-likeness (QED) is 0.0368. The Labute approximate surface area is 396 Å². The molecule has 4 aromatic carbocycles. The molecule has 0 atom stereocenters. The van der Waals surface area contributed by atoms with Crippen LogP contribution in [0.25, 0.3) is 33.4 Å². The van der Waals surface area contributed by atoms with E-state index in [9.17, 15) is 19.8 Å². The lowest BCUT2D eigenvalue weighted by Crippen LogP contribution is -2.28. The van der Waals surface area contributed by atoms with Crippen LogP contribution in [0.2, 0.25) is 0 Å². The van der Waals surface area contributed by atoms with E-state index in [1.807, 2.05) is 6.92 Å². The molecule has 5 rings (SSSR count). The number of aryl methyl sites for hydroxylation is 4. The van der Waals surface area contributed by atoms with Crippen LogP contribution in [-0.2, 0) is 44.7 Å². The zero-order valence-electron chi connectivity index (χ0n) is 41.1. The Bertz CT molecular complexity index is 2170. The molecule has 0 radical (unpaired) electrons. The zero-order valence-corrected chi connectivity index (χ0v) is 41.1. The van der Waals surface area contributed by atoms with Crippen LogP contribution in [0, 0.1) is 11.3 Å². The largest absolute Gasteiger partial charge is 0.493 e. The summed E-state index contributed by atoms with van der Waals surface area (Å²) in [5.74, 6) is 1.49. The number of rotatable bonds is 26. The molecule has 4 aromatic rings. The van der Waals surface area contributed by atoms with E-state index in [2.05, 4.69) is 107 Å². The van der Waals surface area contributed by atoms with Gasteiger partial charge in [0.25, 0.3) is 0 Å². The molecule has 0 spiro atoms. The highest BCUT2D eigenvalue weighted by atomic mass is 16.5. The minimum atomic E-state index is -0.693. The van der Waals surface area contributed by atoms with Gasteiger partial charge in [-0.25, -0.2) is 9.59 Å². The molecule has 7 nitrogen and oxygen atoms in total. The van der Waals surface area contributed by atoms with E-state index in [4.69, 9.17) is 14.2 Å². The fraction of sp³-hybridized carbons (Fsp3) is 0.492. The molecule has 0 saturated heterocycles. The van der Waals surface area contributed by atoms with E-state index in [0.717, 1.165) is 46.8 Å². The molecule has 1 fully saturated rings. The lowest BCUT2D eigenvalue weighted by molar-refractivity contribution is -0.139. The van der Waals surface area contributed by atoms with Gasteiger partial charge in [-0.1, -0.05) is 127 Å². The molecule has 7 heteroatoms. The number of hydrogen-bond acceptors (Lipinski definition) is 7. The average Bonchev–Trinajstić information content (AvgIpc) is 3.34. The van der Waals surface area contributed by atoms with Crippen molar-refractivity contribution in [1.82, 2.24) is 0 Å². The van der Waals surface area contributed by atoms with E-state index < -0.39 is 17.4 Å². The Morgan fingerprint density at radius 3 is 1.58 bits per heavy atom. The third-order valence-corrected chi connectivity index (χ3v) is 13.7. The molecule has 0 bridgehead atoms. The summed E-state index contributed by atoms with van der Waals surface area (Å²) in [6.45, 7) is 19.7. The lowest BCUT2D eigenvalue weighted by Gasteiger charge is -2.29. The molecule has 0 aliphatic heterocycles. The molecule has 2 N–H and O–H groups in total. The van der Waals surface area contributed by atoms with Crippen molar-refractivity contribution in [3.63, 3.8) is 0 Å². The highest BCUT2D eigenvalue weighted by Gasteiger charge is 2.25. The maximum atomic E-state index is 12.2. The Kier molecular flexibility index (Phi) is 20.3. The number of unbranched alkanes of at least 4 members (excludes halogenated alkanes) is 2. The molecule has 1 aliphatic rings. The van der Waals surface area contributed by atoms with E-state index in [1.54, 1.807) is 13.8 Å². The van der Waals surface area contributed by atoms with Crippen molar-refractivity contribution in [2.75, 3.05) is 33.0 Å². The third kappa shape index (κ3) is 14.5. The van der Waals surface area contributed by atoms with Crippen LogP contribution in [0.5, 0.6) is 5.75 Å². The summed E-state index contributed by atoms with van der Waals surface area (Å²) in [7, 11) is 0. The Balaban J connectivity index is 1.43.